The van der Waals surface area contributed by atoms with Crippen molar-refractivity contribution in [3.63, 3.8) is 0 Å². The topological polar surface area (TPSA) is 63.2 Å². The molecule has 0 atom stereocenters. The van der Waals surface area contributed by atoms with Crippen molar-refractivity contribution in [2.75, 3.05) is 4.72 Å². The minimum atomic E-state index is -4.00. The molecule has 0 aliphatic rings. The van der Waals surface area contributed by atoms with E-state index in [2.05, 4.69) is 4.72 Å². The monoisotopic (exact) mass is 313 g/mol. The number of hydrogen-bond acceptors (Lipinski definition) is 3. The van der Waals surface area contributed by atoms with Crippen molar-refractivity contribution >= 4 is 33.6 Å². The number of carbonyl (C=O) groups excluding carboxylic acids is 1. The Morgan fingerprint density at radius 3 is 2.35 bits per heavy atom. The van der Waals surface area contributed by atoms with Crippen molar-refractivity contribution in [3.8, 4) is 0 Å². The van der Waals surface area contributed by atoms with E-state index in [9.17, 15) is 17.6 Å². The zero-order chi connectivity index (χ0) is 14.8. The fourth-order valence-electron chi connectivity index (χ4n) is 1.52. The molecule has 2 aromatic rings. The van der Waals surface area contributed by atoms with Crippen LogP contribution in [-0.4, -0.2) is 14.7 Å². The zero-order valence-electron chi connectivity index (χ0n) is 10.0. The number of hydrogen-bond donors (Lipinski definition) is 1. The minimum Gasteiger partial charge on any atom is -0.298 e. The van der Waals surface area contributed by atoms with Gasteiger partial charge in [-0.2, -0.15) is 0 Å². The molecule has 0 heterocycles. The van der Waals surface area contributed by atoms with Gasteiger partial charge in [-0.25, -0.2) is 12.8 Å². The highest BCUT2D eigenvalue weighted by Crippen LogP contribution is 2.24. The van der Waals surface area contributed by atoms with Crippen molar-refractivity contribution in [2.45, 2.75) is 4.90 Å². The third kappa shape index (κ3) is 3.15. The van der Waals surface area contributed by atoms with E-state index in [1.807, 2.05) is 0 Å². The Balaban J connectivity index is 2.35. The molecule has 0 aromatic heterocycles. The van der Waals surface area contributed by atoms with Gasteiger partial charge in [0.25, 0.3) is 10.0 Å². The smallest absolute Gasteiger partial charge is 0.263 e. The van der Waals surface area contributed by atoms with E-state index in [0.717, 1.165) is 12.1 Å². The number of sulfonamides is 1. The second-order valence-electron chi connectivity index (χ2n) is 3.92. The Bertz CT molecular complexity index is 745. The van der Waals surface area contributed by atoms with E-state index in [1.165, 1.54) is 30.3 Å². The lowest BCUT2D eigenvalue weighted by Crippen LogP contribution is -2.13. The Hall–Kier alpha value is -1.92. The fraction of sp³-hybridized carbons (Fsp3) is 0. The molecule has 0 amide bonds. The Morgan fingerprint density at radius 1 is 1.10 bits per heavy atom. The van der Waals surface area contributed by atoms with Gasteiger partial charge in [-0.3, -0.25) is 9.52 Å². The number of aldehydes is 1. The van der Waals surface area contributed by atoms with Gasteiger partial charge in [0.15, 0.2) is 0 Å². The van der Waals surface area contributed by atoms with E-state index in [4.69, 9.17) is 11.6 Å². The van der Waals surface area contributed by atoms with E-state index >= 15 is 0 Å². The van der Waals surface area contributed by atoms with Crippen LogP contribution >= 0.6 is 11.6 Å². The van der Waals surface area contributed by atoms with Gasteiger partial charge in [-0.05, 0) is 42.5 Å². The summed E-state index contributed by atoms with van der Waals surface area (Å²) >= 11 is 5.76. The van der Waals surface area contributed by atoms with Crippen LogP contribution in [0.5, 0.6) is 0 Å². The van der Waals surface area contributed by atoms with Gasteiger partial charge in [0, 0.05) is 11.3 Å². The number of rotatable bonds is 4. The van der Waals surface area contributed by atoms with Crippen LogP contribution in [0.2, 0.25) is 5.02 Å². The second-order valence-corrected chi connectivity index (χ2v) is 5.98. The summed E-state index contributed by atoms with van der Waals surface area (Å²) in [6, 6.07) is 8.84. The second kappa shape index (κ2) is 5.60. The maximum absolute atomic E-state index is 13.1. The quantitative estimate of drug-likeness (QED) is 0.882. The summed E-state index contributed by atoms with van der Waals surface area (Å²) in [4.78, 5) is 10.2. The Kier molecular flexibility index (Phi) is 4.06. The van der Waals surface area contributed by atoms with Crippen LogP contribution in [0, 0.1) is 5.82 Å². The molecule has 0 aliphatic carbocycles. The van der Waals surface area contributed by atoms with E-state index in [1.54, 1.807) is 0 Å². The van der Waals surface area contributed by atoms with Crippen LogP contribution in [-0.2, 0) is 10.0 Å². The summed E-state index contributed by atoms with van der Waals surface area (Å²) in [5.74, 6) is -0.703. The van der Waals surface area contributed by atoms with Gasteiger partial charge < -0.3 is 0 Å². The van der Waals surface area contributed by atoms with Gasteiger partial charge in [-0.15, -0.1) is 0 Å². The molecule has 1 N–H and O–H groups in total. The van der Waals surface area contributed by atoms with Gasteiger partial charge >= 0.3 is 0 Å². The lowest BCUT2D eigenvalue weighted by Gasteiger charge is -2.09. The average molecular weight is 314 g/mol. The third-order valence-corrected chi connectivity index (χ3v) is 4.34. The lowest BCUT2D eigenvalue weighted by molar-refractivity contribution is 0.112. The molecule has 0 aliphatic heterocycles. The highest BCUT2D eigenvalue weighted by Gasteiger charge is 2.18. The maximum atomic E-state index is 13.1. The maximum Gasteiger partial charge on any atom is 0.263 e. The summed E-state index contributed by atoms with van der Waals surface area (Å²) in [7, 11) is -4.00. The molecule has 0 saturated carbocycles. The lowest BCUT2D eigenvalue weighted by atomic mass is 10.2. The minimum absolute atomic E-state index is 0.0802. The van der Waals surface area contributed by atoms with Crippen molar-refractivity contribution in [2.24, 2.45) is 0 Å². The molecule has 104 valence electrons. The highest BCUT2D eigenvalue weighted by atomic mass is 35.5. The largest absolute Gasteiger partial charge is 0.298 e. The fourth-order valence-corrected chi connectivity index (χ4v) is 3.09. The number of carbonyl (C=O) groups is 1. The summed E-state index contributed by atoms with van der Waals surface area (Å²) in [6.07, 6.45) is 0.641. The average Bonchev–Trinajstić information content (AvgIpc) is 2.42. The number of benzene rings is 2. The molecule has 7 heteroatoms. The highest BCUT2D eigenvalue weighted by molar-refractivity contribution is 7.92. The number of halogens is 2. The van der Waals surface area contributed by atoms with Gasteiger partial charge in [0.2, 0.25) is 0 Å². The van der Waals surface area contributed by atoms with Crippen LogP contribution in [0.25, 0.3) is 0 Å². The summed E-state index contributed by atoms with van der Waals surface area (Å²) < 4.78 is 39.6. The van der Waals surface area contributed by atoms with Gasteiger partial charge in [0.1, 0.15) is 17.0 Å². The zero-order valence-corrected chi connectivity index (χ0v) is 11.6. The van der Waals surface area contributed by atoms with Gasteiger partial charge in [-0.1, -0.05) is 11.6 Å². The molecule has 0 saturated heterocycles. The van der Waals surface area contributed by atoms with Crippen LogP contribution < -0.4 is 4.72 Å². The Morgan fingerprint density at radius 2 is 1.75 bits per heavy atom. The van der Waals surface area contributed by atoms with Crippen LogP contribution in [0.1, 0.15) is 10.4 Å². The Labute approximate surface area is 120 Å². The first kappa shape index (κ1) is 14.5. The number of anilines is 1. The molecule has 0 fully saturated rings. The summed E-state index contributed by atoms with van der Waals surface area (Å²) in [5, 5.41) is -0.0802. The first-order valence-corrected chi connectivity index (χ1v) is 7.31. The molecule has 0 unspecified atom stereocenters. The summed E-state index contributed by atoms with van der Waals surface area (Å²) in [6.45, 7) is 0. The van der Waals surface area contributed by atoms with E-state index < -0.39 is 15.8 Å². The van der Waals surface area contributed by atoms with E-state index in [-0.39, 0.29) is 15.6 Å². The molecule has 2 aromatic carbocycles. The first-order valence-electron chi connectivity index (χ1n) is 5.45. The standard InChI is InChI=1S/C13H9ClFNO3S/c14-12-6-3-10(15)7-13(12)20(18,19)16-11-4-1-9(8-17)2-5-11/h1-8,16H. The third-order valence-electron chi connectivity index (χ3n) is 2.48. The molecule has 2 rings (SSSR count). The van der Waals surface area contributed by atoms with Crippen LogP contribution in [0.4, 0.5) is 10.1 Å². The van der Waals surface area contributed by atoms with Crippen molar-refractivity contribution in [3.05, 3.63) is 58.9 Å². The molecular formula is C13H9ClFNO3S. The SMILES string of the molecule is O=Cc1ccc(NS(=O)(=O)c2cc(F)ccc2Cl)cc1. The van der Waals surface area contributed by atoms with Crippen LogP contribution in [0.3, 0.4) is 0 Å². The molecular weight excluding hydrogens is 305 g/mol. The molecule has 0 spiro atoms. The van der Waals surface area contributed by atoms with Crippen LogP contribution in [0.15, 0.2) is 47.4 Å². The number of nitrogens with one attached hydrogen (secondary N) is 1. The van der Waals surface area contributed by atoms with E-state index in [0.29, 0.717) is 11.8 Å². The predicted octanol–water partition coefficient (Wildman–Crippen LogP) is 3.09. The predicted molar refractivity (Wildman–Crippen MR) is 74.0 cm³/mol. The molecule has 0 radical (unpaired) electrons. The molecule has 20 heavy (non-hydrogen) atoms. The van der Waals surface area contributed by atoms with Crippen molar-refractivity contribution < 1.29 is 17.6 Å². The van der Waals surface area contributed by atoms with Gasteiger partial charge in [0.05, 0.1) is 5.02 Å². The summed E-state index contributed by atoms with van der Waals surface area (Å²) in [5.41, 5.74) is 0.660. The van der Waals surface area contributed by atoms with Crippen molar-refractivity contribution in [1.29, 1.82) is 0 Å². The molecule has 4 nitrogen and oxygen atoms in total. The first-order chi connectivity index (χ1) is 9.42. The van der Waals surface area contributed by atoms with Crippen molar-refractivity contribution in [1.82, 2.24) is 0 Å². The normalized spacial score (nSPS) is 11.1. The molecule has 0 bridgehead atoms.